The van der Waals surface area contributed by atoms with Gasteiger partial charge in [0, 0.05) is 33.4 Å². The molecule has 3 aromatic heterocycles. The minimum absolute atomic E-state index is 0.347. The van der Waals surface area contributed by atoms with Crippen LogP contribution in [0.3, 0.4) is 0 Å². The van der Waals surface area contributed by atoms with E-state index in [4.69, 9.17) is 19.9 Å². The van der Waals surface area contributed by atoms with Gasteiger partial charge in [-0.2, -0.15) is 10.5 Å². The van der Waals surface area contributed by atoms with Crippen molar-refractivity contribution in [3.05, 3.63) is 151 Å². The highest BCUT2D eigenvalue weighted by molar-refractivity contribution is 5.75. The predicted molar refractivity (Wildman–Crippen MR) is 177 cm³/mol. The molecule has 0 bridgehead atoms. The maximum Gasteiger partial charge on any atom is 0.164 e. The molecule has 46 heavy (non-hydrogen) atoms. The average molecular weight is 590 g/mol. The Bertz CT molecular complexity index is 2230. The molecule has 0 aliphatic carbocycles. The lowest BCUT2D eigenvalue weighted by Gasteiger charge is -2.11. The van der Waals surface area contributed by atoms with Crippen LogP contribution in [0.25, 0.3) is 67.9 Å². The van der Waals surface area contributed by atoms with E-state index in [1.807, 2.05) is 121 Å². The number of nitriles is 2. The fourth-order valence-electron chi connectivity index (χ4n) is 5.14. The molecule has 0 aliphatic rings. The first kappa shape index (κ1) is 28.0. The summed E-state index contributed by atoms with van der Waals surface area (Å²) in [6.45, 7) is 0. The zero-order valence-electron chi connectivity index (χ0n) is 24.4. The highest BCUT2D eigenvalue weighted by Gasteiger charge is 2.14. The van der Waals surface area contributed by atoms with Crippen LogP contribution in [0, 0.1) is 22.7 Å². The van der Waals surface area contributed by atoms with Gasteiger partial charge in [0.25, 0.3) is 0 Å². The minimum Gasteiger partial charge on any atom is -0.248 e. The molecular formula is C39H23N7. The summed E-state index contributed by atoms with van der Waals surface area (Å²) >= 11 is 0. The van der Waals surface area contributed by atoms with Crippen LogP contribution < -0.4 is 0 Å². The van der Waals surface area contributed by atoms with Crippen molar-refractivity contribution in [3.8, 4) is 80.1 Å². The zero-order chi connectivity index (χ0) is 31.3. The Labute approximate surface area is 265 Å². The Balaban J connectivity index is 1.31. The van der Waals surface area contributed by atoms with E-state index in [1.165, 1.54) is 0 Å². The lowest BCUT2D eigenvalue weighted by molar-refractivity contribution is 1.07. The summed E-state index contributed by atoms with van der Waals surface area (Å²) < 4.78 is 0. The largest absolute Gasteiger partial charge is 0.248 e. The van der Waals surface area contributed by atoms with Crippen molar-refractivity contribution in [1.29, 1.82) is 10.5 Å². The van der Waals surface area contributed by atoms with Gasteiger partial charge in [-0.15, -0.1) is 0 Å². The minimum atomic E-state index is 0.347. The SMILES string of the molecule is N#Cc1cc(-c2cccc(-c3cccc(C#N)n3)c2)nc(-c2cccc(-c3nc(-c4ccccc4)nc(-c4ccccc4)n3)c2)c1. The summed E-state index contributed by atoms with van der Waals surface area (Å²) in [7, 11) is 0. The number of nitrogens with zero attached hydrogens (tertiary/aromatic N) is 7. The Hall–Kier alpha value is -6.83. The van der Waals surface area contributed by atoms with E-state index in [1.54, 1.807) is 18.2 Å². The van der Waals surface area contributed by atoms with Crippen molar-refractivity contribution in [2.45, 2.75) is 0 Å². The van der Waals surface area contributed by atoms with E-state index < -0.39 is 0 Å². The molecular weight excluding hydrogens is 566 g/mol. The number of aromatic nitrogens is 5. The second-order valence-corrected chi connectivity index (χ2v) is 10.5. The second-order valence-electron chi connectivity index (χ2n) is 10.5. The fraction of sp³-hybridized carbons (Fsp3) is 0. The van der Waals surface area contributed by atoms with Crippen molar-refractivity contribution in [3.63, 3.8) is 0 Å². The summed E-state index contributed by atoms with van der Waals surface area (Å²) in [6.07, 6.45) is 0. The average Bonchev–Trinajstić information content (AvgIpc) is 3.15. The van der Waals surface area contributed by atoms with E-state index >= 15 is 0 Å². The molecule has 0 saturated heterocycles. The smallest absolute Gasteiger partial charge is 0.164 e. The van der Waals surface area contributed by atoms with Crippen molar-refractivity contribution in [2.24, 2.45) is 0 Å². The van der Waals surface area contributed by atoms with Gasteiger partial charge >= 0.3 is 0 Å². The third-order valence-corrected chi connectivity index (χ3v) is 7.39. The van der Waals surface area contributed by atoms with Crippen molar-refractivity contribution >= 4 is 0 Å². The topological polar surface area (TPSA) is 112 Å². The Morgan fingerprint density at radius 1 is 0.348 bits per heavy atom. The summed E-state index contributed by atoms with van der Waals surface area (Å²) in [5.74, 6) is 1.69. The van der Waals surface area contributed by atoms with Gasteiger partial charge in [0.1, 0.15) is 11.8 Å². The molecule has 0 unspecified atom stereocenters. The lowest BCUT2D eigenvalue weighted by atomic mass is 10.0. The van der Waals surface area contributed by atoms with Gasteiger partial charge in [-0.1, -0.05) is 103 Å². The molecule has 0 aliphatic heterocycles. The highest BCUT2D eigenvalue weighted by atomic mass is 15.0. The van der Waals surface area contributed by atoms with Crippen LogP contribution in [0.2, 0.25) is 0 Å². The van der Waals surface area contributed by atoms with Crippen molar-refractivity contribution in [1.82, 2.24) is 24.9 Å². The summed E-state index contributed by atoms with van der Waals surface area (Å²) in [4.78, 5) is 23.9. The quantitative estimate of drug-likeness (QED) is 0.191. The Morgan fingerprint density at radius 2 is 0.804 bits per heavy atom. The van der Waals surface area contributed by atoms with E-state index in [-0.39, 0.29) is 0 Å². The predicted octanol–water partition coefficient (Wildman–Crippen LogP) is 8.41. The molecule has 214 valence electrons. The molecule has 0 fully saturated rings. The van der Waals surface area contributed by atoms with Gasteiger partial charge in [0.15, 0.2) is 17.5 Å². The molecule has 0 atom stereocenters. The zero-order valence-corrected chi connectivity index (χ0v) is 24.4. The highest BCUT2D eigenvalue weighted by Crippen LogP contribution is 2.31. The van der Waals surface area contributed by atoms with Crippen LogP contribution >= 0.6 is 0 Å². The monoisotopic (exact) mass is 589 g/mol. The molecule has 4 aromatic carbocycles. The molecule has 0 saturated carbocycles. The van der Waals surface area contributed by atoms with Crippen LogP contribution in [0.15, 0.2) is 140 Å². The third kappa shape index (κ3) is 5.85. The third-order valence-electron chi connectivity index (χ3n) is 7.39. The molecule has 0 N–H and O–H groups in total. The molecule has 7 heteroatoms. The second kappa shape index (κ2) is 12.4. The normalized spacial score (nSPS) is 10.6. The summed E-state index contributed by atoms with van der Waals surface area (Å²) in [6, 6.07) is 48.6. The van der Waals surface area contributed by atoms with E-state index in [2.05, 4.69) is 17.1 Å². The Kier molecular flexibility index (Phi) is 7.55. The first-order valence-corrected chi connectivity index (χ1v) is 14.5. The van der Waals surface area contributed by atoms with Crippen molar-refractivity contribution < 1.29 is 0 Å². The van der Waals surface area contributed by atoms with Crippen molar-refractivity contribution in [2.75, 3.05) is 0 Å². The van der Waals surface area contributed by atoms with Gasteiger partial charge in [0.05, 0.1) is 28.7 Å². The Morgan fingerprint density at radius 3 is 1.35 bits per heavy atom. The molecule has 7 aromatic rings. The van der Waals surface area contributed by atoms with E-state index in [0.29, 0.717) is 45.8 Å². The maximum absolute atomic E-state index is 9.94. The number of rotatable bonds is 6. The first-order chi connectivity index (χ1) is 22.7. The molecule has 0 radical (unpaired) electrons. The summed E-state index contributed by atoms with van der Waals surface area (Å²) in [5.41, 5.74) is 7.89. The molecule has 0 spiro atoms. The van der Waals surface area contributed by atoms with Gasteiger partial charge in [-0.05, 0) is 36.4 Å². The lowest BCUT2D eigenvalue weighted by Crippen LogP contribution is -2.00. The number of benzene rings is 4. The van der Waals surface area contributed by atoms with Gasteiger partial charge < -0.3 is 0 Å². The van der Waals surface area contributed by atoms with Crippen LogP contribution in [-0.4, -0.2) is 24.9 Å². The van der Waals surface area contributed by atoms with Gasteiger partial charge in [-0.25, -0.2) is 24.9 Å². The molecule has 0 amide bonds. The van der Waals surface area contributed by atoms with Gasteiger partial charge in [0.2, 0.25) is 0 Å². The van der Waals surface area contributed by atoms with Crippen LogP contribution in [0.1, 0.15) is 11.3 Å². The first-order valence-electron chi connectivity index (χ1n) is 14.5. The molecule has 7 nitrogen and oxygen atoms in total. The van der Waals surface area contributed by atoms with Crippen LogP contribution in [-0.2, 0) is 0 Å². The standard InChI is InChI=1S/C39H23N7/c40-24-26-20-35(30-15-7-14-29(22-30)34-19-9-18-33(25-41)42-34)43-36(21-26)31-16-8-17-32(23-31)39-45-37(27-10-3-1-4-11-27)44-38(46-39)28-12-5-2-6-13-28/h1-23H. The van der Waals surface area contributed by atoms with Crippen LogP contribution in [0.5, 0.6) is 0 Å². The van der Waals surface area contributed by atoms with E-state index in [9.17, 15) is 10.5 Å². The van der Waals surface area contributed by atoms with Crippen LogP contribution in [0.4, 0.5) is 0 Å². The van der Waals surface area contributed by atoms with E-state index in [0.717, 1.165) is 33.4 Å². The summed E-state index contributed by atoms with van der Waals surface area (Å²) in [5, 5.41) is 19.2. The fourth-order valence-corrected chi connectivity index (χ4v) is 5.14. The maximum atomic E-state index is 9.94. The van der Waals surface area contributed by atoms with Gasteiger partial charge in [-0.3, -0.25) is 0 Å². The number of hydrogen-bond acceptors (Lipinski definition) is 7. The molecule has 3 heterocycles. The number of hydrogen-bond donors (Lipinski definition) is 0. The number of pyridine rings is 2. The molecule has 7 rings (SSSR count).